The van der Waals surface area contributed by atoms with E-state index in [0.717, 1.165) is 24.2 Å². The van der Waals surface area contributed by atoms with Crippen LogP contribution < -0.4 is 5.32 Å². The van der Waals surface area contributed by atoms with Gasteiger partial charge in [0, 0.05) is 13.1 Å². The molecule has 2 rings (SSSR count). The van der Waals surface area contributed by atoms with Gasteiger partial charge in [-0.25, -0.2) is 8.78 Å². The third-order valence-electron chi connectivity index (χ3n) is 3.42. The summed E-state index contributed by atoms with van der Waals surface area (Å²) in [5.74, 6) is -1.65. The lowest BCUT2D eigenvalue weighted by Crippen LogP contribution is -2.25. The fourth-order valence-corrected chi connectivity index (χ4v) is 2.33. The monoisotopic (exact) mass is 321 g/mol. The van der Waals surface area contributed by atoms with E-state index in [1.54, 1.807) is 10.7 Å². The molecule has 0 aliphatic rings. The van der Waals surface area contributed by atoms with Crippen LogP contribution in [0.5, 0.6) is 0 Å². The molecule has 0 unspecified atom stereocenters. The Hall–Kier alpha value is -2.24. The van der Waals surface area contributed by atoms with Crippen molar-refractivity contribution in [3.63, 3.8) is 0 Å². The predicted molar refractivity (Wildman–Crippen MR) is 84.0 cm³/mol. The van der Waals surface area contributed by atoms with Gasteiger partial charge in [0.1, 0.15) is 5.69 Å². The number of amides is 1. The lowest BCUT2D eigenvalue weighted by molar-refractivity contribution is 0.0940. The smallest absolute Gasteiger partial charge is 0.269 e. The second-order valence-corrected chi connectivity index (χ2v) is 5.87. The van der Waals surface area contributed by atoms with Crippen LogP contribution in [0.2, 0.25) is 0 Å². The van der Waals surface area contributed by atoms with Crippen LogP contribution in [0.25, 0.3) is 0 Å². The summed E-state index contributed by atoms with van der Waals surface area (Å²) in [6.45, 7) is 6.82. The Morgan fingerprint density at radius 2 is 2.00 bits per heavy atom. The van der Waals surface area contributed by atoms with Crippen molar-refractivity contribution in [2.45, 2.75) is 40.3 Å². The molecule has 1 amide bonds. The van der Waals surface area contributed by atoms with Gasteiger partial charge in [0.15, 0.2) is 11.6 Å². The average Bonchev–Trinajstić information content (AvgIpc) is 2.90. The van der Waals surface area contributed by atoms with E-state index < -0.39 is 11.6 Å². The third-order valence-corrected chi connectivity index (χ3v) is 3.42. The Morgan fingerprint density at radius 3 is 2.61 bits per heavy atom. The van der Waals surface area contributed by atoms with Gasteiger partial charge in [-0.3, -0.25) is 9.48 Å². The molecule has 0 fully saturated rings. The zero-order chi connectivity index (χ0) is 17.0. The first-order chi connectivity index (χ1) is 10.9. The lowest BCUT2D eigenvalue weighted by Gasteiger charge is -2.07. The van der Waals surface area contributed by atoms with Crippen LogP contribution in [0.1, 0.15) is 42.5 Å². The van der Waals surface area contributed by atoms with Gasteiger partial charge in [-0.1, -0.05) is 19.9 Å². The summed E-state index contributed by atoms with van der Waals surface area (Å²) in [6, 6.07) is 5.36. The lowest BCUT2D eigenvalue weighted by atomic mass is 10.1. The number of hydrogen-bond donors (Lipinski definition) is 1. The maximum Gasteiger partial charge on any atom is 0.269 e. The van der Waals surface area contributed by atoms with Gasteiger partial charge in [0.25, 0.3) is 5.91 Å². The molecule has 0 bridgehead atoms. The van der Waals surface area contributed by atoms with Crippen LogP contribution in [0.4, 0.5) is 8.78 Å². The molecule has 0 aliphatic heterocycles. The molecule has 0 radical (unpaired) electrons. The topological polar surface area (TPSA) is 46.9 Å². The van der Waals surface area contributed by atoms with Crippen molar-refractivity contribution < 1.29 is 13.6 Å². The predicted octanol–water partition coefficient (Wildman–Crippen LogP) is 3.31. The summed E-state index contributed by atoms with van der Waals surface area (Å²) < 4.78 is 27.7. The van der Waals surface area contributed by atoms with Gasteiger partial charge in [0.05, 0.1) is 5.69 Å². The summed E-state index contributed by atoms with van der Waals surface area (Å²) in [4.78, 5) is 12.3. The zero-order valence-corrected chi connectivity index (χ0v) is 13.6. The molecule has 23 heavy (non-hydrogen) atoms. The van der Waals surface area contributed by atoms with Crippen LogP contribution in [0.3, 0.4) is 0 Å². The number of halogens is 2. The molecule has 4 nitrogen and oxygen atoms in total. The average molecular weight is 321 g/mol. The molecule has 6 heteroatoms. The fourth-order valence-electron chi connectivity index (χ4n) is 2.33. The van der Waals surface area contributed by atoms with Crippen molar-refractivity contribution in [2.24, 2.45) is 5.92 Å². The van der Waals surface area contributed by atoms with Crippen molar-refractivity contribution in [3.05, 3.63) is 52.9 Å². The van der Waals surface area contributed by atoms with Gasteiger partial charge in [-0.2, -0.15) is 5.10 Å². The highest BCUT2D eigenvalue weighted by atomic mass is 19.2. The minimum atomic E-state index is -0.922. The second kappa shape index (κ2) is 7.35. The van der Waals surface area contributed by atoms with E-state index in [2.05, 4.69) is 24.3 Å². The Balaban J connectivity index is 2.07. The molecule has 0 saturated heterocycles. The number of aromatic nitrogens is 2. The molecule has 1 N–H and O–H groups in total. The molecule has 0 aliphatic carbocycles. The molecule has 124 valence electrons. The molecule has 1 aromatic heterocycles. The second-order valence-electron chi connectivity index (χ2n) is 5.87. The van der Waals surface area contributed by atoms with Gasteiger partial charge in [-0.05, 0) is 43.0 Å². The third kappa shape index (κ3) is 4.37. The number of benzene rings is 1. The van der Waals surface area contributed by atoms with Crippen molar-refractivity contribution in [2.75, 3.05) is 0 Å². The van der Waals surface area contributed by atoms with Crippen molar-refractivity contribution >= 4 is 5.91 Å². The molecule has 0 spiro atoms. The molecule has 1 heterocycles. The Bertz CT molecular complexity index is 695. The Morgan fingerprint density at radius 1 is 1.26 bits per heavy atom. The molecule has 0 saturated carbocycles. The highest BCUT2D eigenvalue weighted by Gasteiger charge is 2.15. The van der Waals surface area contributed by atoms with E-state index in [1.165, 1.54) is 6.07 Å². The van der Waals surface area contributed by atoms with E-state index >= 15 is 0 Å². The molecule has 2 aromatic rings. The number of hydrogen-bond acceptors (Lipinski definition) is 2. The van der Waals surface area contributed by atoms with Crippen LogP contribution in [-0.2, 0) is 19.5 Å². The number of rotatable bonds is 6. The van der Waals surface area contributed by atoms with Crippen molar-refractivity contribution in [1.29, 1.82) is 0 Å². The van der Waals surface area contributed by atoms with Gasteiger partial charge in [0.2, 0.25) is 0 Å². The first-order valence-electron chi connectivity index (χ1n) is 7.69. The van der Waals surface area contributed by atoms with Crippen molar-refractivity contribution in [1.82, 2.24) is 15.1 Å². The van der Waals surface area contributed by atoms with Gasteiger partial charge >= 0.3 is 0 Å². The van der Waals surface area contributed by atoms with E-state index in [0.29, 0.717) is 23.7 Å². The highest BCUT2D eigenvalue weighted by molar-refractivity contribution is 5.92. The number of nitrogens with one attached hydrogen (secondary N) is 1. The van der Waals surface area contributed by atoms with Gasteiger partial charge < -0.3 is 5.32 Å². The normalized spacial score (nSPS) is 11.0. The maximum atomic E-state index is 13.2. The molecule has 0 atom stereocenters. The summed E-state index contributed by atoms with van der Waals surface area (Å²) in [6.07, 6.45) is 0.802. The van der Waals surface area contributed by atoms with Gasteiger partial charge in [-0.15, -0.1) is 0 Å². The Kier molecular flexibility index (Phi) is 5.47. The molecule has 1 aromatic carbocycles. The number of carbonyl (C=O) groups is 1. The van der Waals surface area contributed by atoms with E-state index in [9.17, 15) is 13.6 Å². The number of aryl methyl sites for hydroxylation is 1. The van der Waals surface area contributed by atoms with E-state index in [4.69, 9.17) is 0 Å². The first kappa shape index (κ1) is 17.1. The fraction of sp³-hybridized carbons (Fsp3) is 0.412. The Labute approximate surface area is 134 Å². The molecular weight excluding hydrogens is 300 g/mol. The first-order valence-corrected chi connectivity index (χ1v) is 7.69. The van der Waals surface area contributed by atoms with Crippen LogP contribution in [-0.4, -0.2) is 15.7 Å². The maximum absolute atomic E-state index is 13.2. The summed E-state index contributed by atoms with van der Waals surface area (Å²) >= 11 is 0. The highest BCUT2D eigenvalue weighted by Crippen LogP contribution is 2.11. The quantitative estimate of drug-likeness (QED) is 0.887. The summed E-state index contributed by atoms with van der Waals surface area (Å²) in [7, 11) is 0. The summed E-state index contributed by atoms with van der Waals surface area (Å²) in [5, 5.41) is 7.13. The number of carbonyl (C=O) groups excluding carboxylic acids is 1. The SMILES string of the molecule is CCn1nc(CC(C)C)cc1C(=O)NCc1ccc(F)c(F)c1. The van der Waals surface area contributed by atoms with Crippen LogP contribution in [0.15, 0.2) is 24.3 Å². The minimum absolute atomic E-state index is 0.129. The minimum Gasteiger partial charge on any atom is -0.347 e. The zero-order valence-electron chi connectivity index (χ0n) is 13.6. The molecular formula is C17H21F2N3O. The van der Waals surface area contributed by atoms with Crippen LogP contribution >= 0.6 is 0 Å². The van der Waals surface area contributed by atoms with Crippen molar-refractivity contribution in [3.8, 4) is 0 Å². The summed E-state index contributed by atoms with van der Waals surface area (Å²) in [5.41, 5.74) is 1.85. The largest absolute Gasteiger partial charge is 0.347 e. The van der Waals surface area contributed by atoms with Crippen LogP contribution in [0, 0.1) is 17.6 Å². The van der Waals surface area contributed by atoms with E-state index in [1.807, 2.05) is 6.92 Å². The van der Waals surface area contributed by atoms with E-state index in [-0.39, 0.29) is 12.5 Å². The number of nitrogens with zero attached hydrogens (tertiary/aromatic N) is 2. The standard InChI is InChI=1S/C17H21F2N3O/c1-4-22-16(9-13(21-22)7-11(2)3)17(23)20-10-12-5-6-14(18)15(19)8-12/h5-6,8-9,11H,4,7,10H2,1-3H3,(H,20,23).